The fourth-order valence-electron chi connectivity index (χ4n) is 2.16. The molecule has 2 rings (SSSR count). The maximum atomic E-state index is 12.1. The zero-order valence-corrected chi connectivity index (χ0v) is 10.2. The van der Waals surface area contributed by atoms with E-state index >= 15 is 0 Å². The molecule has 0 bridgehead atoms. The summed E-state index contributed by atoms with van der Waals surface area (Å²) >= 11 is 0. The highest BCUT2D eigenvalue weighted by atomic mass is 16.4. The van der Waals surface area contributed by atoms with E-state index in [1.807, 2.05) is 11.8 Å². The highest BCUT2D eigenvalue weighted by Gasteiger charge is 2.22. The number of piperidine rings is 1. The summed E-state index contributed by atoms with van der Waals surface area (Å²) in [6, 6.07) is 1.74. The first kappa shape index (κ1) is 11.8. The van der Waals surface area contributed by atoms with Gasteiger partial charge in [-0.05, 0) is 37.8 Å². The van der Waals surface area contributed by atoms with Gasteiger partial charge < -0.3 is 15.1 Å². The number of hydrogen-bond donors (Lipinski definition) is 1. The normalized spacial score (nSPS) is 15.9. The number of amides is 1. The minimum Gasteiger partial charge on any atom is -0.449 e. The topological polar surface area (TPSA) is 59.5 Å². The smallest absolute Gasteiger partial charge is 0.289 e. The highest BCUT2D eigenvalue weighted by Crippen LogP contribution is 2.21. The number of likely N-dealkylation sites (tertiary alicyclic amines) is 1. The Hall–Kier alpha value is -1.71. The second kappa shape index (κ2) is 4.65. The summed E-state index contributed by atoms with van der Waals surface area (Å²) in [6.07, 6.45) is 3.34. The van der Waals surface area contributed by atoms with Gasteiger partial charge in [0.15, 0.2) is 11.5 Å². The van der Waals surface area contributed by atoms with Crippen LogP contribution in [0.15, 0.2) is 17.1 Å². The quantitative estimate of drug-likeness (QED) is 0.852. The Bertz CT molecular complexity index is 442. The molecule has 0 unspecified atom stereocenters. The second-order valence-corrected chi connectivity index (χ2v) is 4.50. The van der Waals surface area contributed by atoms with E-state index < -0.39 is 0 Å². The number of aryl methyl sites for hydroxylation is 1. The van der Waals surface area contributed by atoms with Crippen LogP contribution in [0.2, 0.25) is 0 Å². The molecule has 4 nitrogen and oxygen atoms in total. The van der Waals surface area contributed by atoms with Crippen LogP contribution in [0.3, 0.4) is 0 Å². The molecule has 2 heterocycles. The largest absolute Gasteiger partial charge is 0.449 e. The molecule has 0 aliphatic carbocycles. The van der Waals surface area contributed by atoms with Gasteiger partial charge in [-0.3, -0.25) is 4.79 Å². The van der Waals surface area contributed by atoms with Crippen LogP contribution in [0.5, 0.6) is 0 Å². The summed E-state index contributed by atoms with van der Waals surface area (Å²) in [5.41, 5.74) is 6.81. The molecule has 1 aromatic rings. The summed E-state index contributed by atoms with van der Waals surface area (Å²) in [6.45, 7) is 7.13. The Morgan fingerprint density at radius 1 is 1.41 bits per heavy atom. The lowest BCUT2D eigenvalue weighted by atomic mass is 10.1. The molecule has 1 saturated heterocycles. The van der Waals surface area contributed by atoms with Gasteiger partial charge in [-0.2, -0.15) is 0 Å². The van der Waals surface area contributed by atoms with E-state index in [2.05, 4.69) is 6.58 Å². The van der Waals surface area contributed by atoms with Gasteiger partial charge in [-0.1, -0.05) is 6.58 Å². The second-order valence-electron chi connectivity index (χ2n) is 4.50. The van der Waals surface area contributed by atoms with Crippen LogP contribution < -0.4 is 5.73 Å². The molecule has 2 N–H and O–H groups in total. The maximum absolute atomic E-state index is 12.1. The van der Waals surface area contributed by atoms with E-state index in [0.717, 1.165) is 31.5 Å². The first-order valence-corrected chi connectivity index (χ1v) is 5.94. The van der Waals surface area contributed by atoms with Crippen LogP contribution in [0.4, 0.5) is 0 Å². The number of nitrogens with two attached hydrogens (primary N) is 1. The molecule has 0 atom stereocenters. The molecule has 0 aromatic carbocycles. The third-order valence-electron chi connectivity index (χ3n) is 3.06. The molecule has 4 heteroatoms. The first-order chi connectivity index (χ1) is 8.09. The van der Waals surface area contributed by atoms with E-state index in [1.54, 1.807) is 6.07 Å². The first-order valence-electron chi connectivity index (χ1n) is 5.94. The van der Waals surface area contributed by atoms with Crippen LogP contribution >= 0.6 is 0 Å². The molecule has 1 aromatic heterocycles. The SMILES string of the molecule is C=C(N)c1oc(C(=O)N2CCCCC2)cc1C. The van der Waals surface area contributed by atoms with Crippen molar-refractivity contribution in [2.75, 3.05) is 13.1 Å². The number of furan rings is 1. The Morgan fingerprint density at radius 2 is 2.06 bits per heavy atom. The summed E-state index contributed by atoms with van der Waals surface area (Å²) in [7, 11) is 0. The van der Waals surface area contributed by atoms with Crippen molar-refractivity contribution in [1.29, 1.82) is 0 Å². The Labute approximate surface area is 101 Å². The predicted molar refractivity (Wildman–Crippen MR) is 66.4 cm³/mol. The van der Waals surface area contributed by atoms with Gasteiger partial charge >= 0.3 is 0 Å². The fraction of sp³-hybridized carbons (Fsp3) is 0.462. The molecule has 1 aliphatic heterocycles. The lowest BCUT2D eigenvalue weighted by Gasteiger charge is -2.25. The molecule has 1 amide bonds. The average molecular weight is 234 g/mol. The number of hydrogen-bond acceptors (Lipinski definition) is 3. The van der Waals surface area contributed by atoms with Crippen LogP contribution in [0.1, 0.15) is 41.1 Å². The standard InChI is InChI=1S/C13H18N2O2/c1-9-8-11(17-12(9)10(2)14)13(16)15-6-4-3-5-7-15/h8H,2-7,14H2,1H3. The Balaban J connectivity index is 2.19. The van der Waals surface area contributed by atoms with Crippen LogP contribution in [-0.4, -0.2) is 23.9 Å². The van der Waals surface area contributed by atoms with Crippen molar-refractivity contribution in [3.8, 4) is 0 Å². The number of carbonyl (C=O) groups excluding carboxylic acids is 1. The van der Waals surface area contributed by atoms with Crippen LogP contribution in [0.25, 0.3) is 5.70 Å². The molecule has 1 aliphatic rings. The van der Waals surface area contributed by atoms with Crippen molar-refractivity contribution in [2.24, 2.45) is 5.73 Å². The molecular weight excluding hydrogens is 216 g/mol. The van der Waals surface area contributed by atoms with E-state index in [9.17, 15) is 4.79 Å². The molecular formula is C13H18N2O2. The van der Waals surface area contributed by atoms with Crippen molar-refractivity contribution in [3.63, 3.8) is 0 Å². The molecule has 92 valence electrons. The van der Waals surface area contributed by atoms with Gasteiger partial charge in [-0.25, -0.2) is 0 Å². The Morgan fingerprint density at radius 3 is 2.59 bits per heavy atom. The molecule has 0 radical (unpaired) electrons. The van der Waals surface area contributed by atoms with E-state index in [4.69, 9.17) is 10.2 Å². The highest BCUT2D eigenvalue weighted by molar-refractivity contribution is 5.92. The van der Waals surface area contributed by atoms with Crippen molar-refractivity contribution in [3.05, 3.63) is 29.7 Å². The average Bonchev–Trinajstić information content (AvgIpc) is 2.71. The van der Waals surface area contributed by atoms with Crippen LogP contribution in [0, 0.1) is 6.92 Å². The van der Waals surface area contributed by atoms with Gasteiger partial charge in [-0.15, -0.1) is 0 Å². The number of nitrogens with zero attached hydrogens (tertiary/aromatic N) is 1. The van der Waals surface area contributed by atoms with E-state index in [1.165, 1.54) is 6.42 Å². The molecule has 1 fully saturated rings. The third-order valence-corrected chi connectivity index (χ3v) is 3.06. The fourth-order valence-corrected chi connectivity index (χ4v) is 2.16. The summed E-state index contributed by atoms with van der Waals surface area (Å²) in [4.78, 5) is 14.0. The maximum Gasteiger partial charge on any atom is 0.289 e. The minimum absolute atomic E-state index is 0.0414. The Kier molecular flexibility index (Phi) is 3.22. The van der Waals surface area contributed by atoms with Crippen molar-refractivity contribution >= 4 is 11.6 Å². The zero-order valence-electron chi connectivity index (χ0n) is 10.2. The summed E-state index contributed by atoms with van der Waals surface area (Å²) in [5, 5.41) is 0. The minimum atomic E-state index is -0.0414. The van der Waals surface area contributed by atoms with Crippen molar-refractivity contribution in [2.45, 2.75) is 26.2 Å². The lowest BCUT2D eigenvalue weighted by molar-refractivity contribution is 0.0691. The van der Waals surface area contributed by atoms with Gasteiger partial charge in [0.25, 0.3) is 5.91 Å². The summed E-state index contributed by atoms with van der Waals surface area (Å²) < 4.78 is 5.48. The third kappa shape index (κ3) is 2.35. The number of carbonyl (C=O) groups is 1. The molecule has 0 saturated carbocycles. The van der Waals surface area contributed by atoms with Gasteiger partial charge in [0.2, 0.25) is 0 Å². The van der Waals surface area contributed by atoms with Gasteiger partial charge in [0, 0.05) is 13.1 Å². The number of rotatable bonds is 2. The van der Waals surface area contributed by atoms with Gasteiger partial charge in [0.1, 0.15) is 0 Å². The van der Waals surface area contributed by atoms with Crippen molar-refractivity contribution < 1.29 is 9.21 Å². The zero-order chi connectivity index (χ0) is 12.4. The van der Waals surface area contributed by atoms with Gasteiger partial charge in [0.05, 0.1) is 5.70 Å². The van der Waals surface area contributed by atoms with E-state index in [0.29, 0.717) is 17.2 Å². The van der Waals surface area contributed by atoms with E-state index in [-0.39, 0.29) is 5.91 Å². The van der Waals surface area contributed by atoms with Crippen LogP contribution in [-0.2, 0) is 0 Å². The lowest BCUT2D eigenvalue weighted by Crippen LogP contribution is -2.35. The monoisotopic (exact) mass is 234 g/mol. The predicted octanol–water partition coefficient (Wildman–Crippen LogP) is 2.14. The molecule has 17 heavy (non-hydrogen) atoms. The molecule has 0 spiro atoms. The summed E-state index contributed by atoms with van der Waals surface area (Å²) in [5.74, 6) is 0.844. The van der Waals surface area contributed by atoms with Crippen molar-refractivity contribution in [1.82, 2.24) is 4.90 Å².